The minimum absolute atomic E-state index is 0.0427. The van der Waals surface area contributed by atoms with Crippen molar-refractivity contribution >= 4 is 17.9 Å². The van der Waals surface area contributed by atoms with Gasteiger partial charge in [-0.25, -0.2) is 4.79 Å². The monoisotopic (exact) mass is 648 g/mol. The lowest BCUT2D eigenvalue weighted by Crippen LogP contribution is -2.50. The number of hydrogen-bond acceptors (Lipinski definition) is 6. The lowest BCUT2D eigenvalue weighted by atomic mass is 10.1. The standard InChI is InChI=1S/C38H65NO7/c1-6-8-10-12-14-16-18-19-21-22-24-26-28-36(40)45-33-34(32-44-31-30-35(38(42)43)39(3,4)5)46-37(41)29-27-25-23-20-17-15-13-11-9-7-2/h8,10,13-16,19,21,34-35H,6-7,9,11-12,17-18,20,22-33H2,1-5H3/p+1/b10-8+,15-13+,16-14+,21-19+. The summed E-state index contributed by atoms with van der Waals surface area (Å²) in [6.45, 7) is 4.48. The number of likely N-dealkylation sites (N-methyl/N-ethyl adjacent to an activating group) is 1. The Labute approximate surface area is 280 Å². The molecule has 0 spiro atoms. The molecule has 1 N–H and O–H groups in total. The summed E-state index contributed by atoms with van der Waals surface area (Å²) in [6.07, 6.45) is 31.6. The van der Waals surface area contributed by atoms with Gasteiger partial charge in [-0.05, 0) is 64.2 Å². The molecule has 0 aromatic heterocycles. The zero-order chi connectivity index (χ0) is 34.3. The number of carbonyl (C=O) groups is 3. The van der Waals surface area contributed by atoms with E-state index in [2.05, 4.69) is 62.5 Å². The molecule has 264 valence electrons. The van der Waals surface area contributed by atoms with Crippen LogP contribution in [0.2, 0.25) is 0 Å². The molecule has 2 unspecified atom stereocenters. The molecule has 0 saturated heterocycles. The Morgan fingerprint density at radius 1 is 0.674 bits per heavy atom. The number of unbranched alkanes of at least 4 members (excludes halogenated alkanes) is 8. The minimum Gasteiger partial charge on any atom is -0.477 e. The molecule has 0 aromatic carbocycles. The second-order valence-electron chi connectivity index (χ2n) is 12.7. The fourth-order valence-corrected chi connectivity index (χ4v) is 4.67. The Bertz CT molecular complexity index is 901. The largest absolute Gasteiger partial charge is 0.477 e. The number of carboxylic acids is 1. The Balaban J connectivity index is 4.55. The Morgan fingerprint density at radius 2 is 1.22 bits per heavy atom. The molecular formula is C38H66NO7+. The van der Waals surface area contributed by atoms with Crippen LogP contribution in [0.5, 0.6) is 0 Å². The van der Waals surface area contributed by atoms with Gasteiger partial charge in [-0.3, -0.25) is 9.59 Å². The van der Waals surface area contributed by atoms with Gasteiger partial charge in [-0.1, -0.05) is 88.1 Å². The van der Waals surface area contributed by atoms with Crippen molar-refractivity contribution in [2.24, 2.45) is 0 Å². The van der Waals surface area contributed by atoms with Gasteiger partial charge in [0.25, 0.3) is 0 Å². The van der Waals surface area contributed by atoms with Crippen molar-refractivity contribution in [3.63, 3.8) is 0 Å². The molecule has 0 aliphatic carbocycles. The molecule has 0 fully saturated rings. The summed E-state index contributed by atoms with van der Waals surface area (Å²) in [5.41, 5.74) is 0. The molecule has 8 nitrogen and oxygen atoms in total. The van der Waals surface area contributed by atoms with E-state index in [9.17, 15) is 19.5 Å². The van der Waals surface area contributed by atoms with E-state index >= 15 is 0 Å². The first kappa shape index (κ1) is 43.3. The van der Waals surface area contributed by atoms with E-state index in [0.717, 1.165) is 77.0 Å². The summed E-state index contributed by atoms with van der Waals surface area (Å²) in [5.74, 6) is -1.55. The Kier molecular flexibility index (Phi) is 27.9. The van der Waals surface area contributed by atoms with E-state index in [4.69, 9.17) is 14.2 Å². The van der Waals surface area contributed by atoms with Gasteiger partial charge >= 0.3 is 17.9 Å². The molecule has 0 bridgehead atoms. The van der Waals surface area contributed by atoms with Crippen LogP contribution >= 0.6 is 0 Å². The Morgan fingerprint density at radius 3 is 1.85 bits per heavy atom. The topological polar surface area (TPSA) is 99.1 Å². The number of aliphatic carboxylic acids is 1. The Hall–Kier alpha value is -2.71. The van der Waals surface area contributed by atoms with Crippen LogP contribution in [-0.2, 0) is 28.6 Å². The van der Waals surface area contributed by atoms with E-state index in [1.54, 1.807) is 0 Å². The first-order chi connectivity index (χ1) is 22.1. The first-order valence-electron chi connectivity index (χ1n) is 17.7. The molecule has 0 aliphatic heterocycles. The number of carboxylic acid groups (broad SMARTS) is 1. The molecule has 46 heavy (non-hydrogen) atoms. The maximum atomic E-state index is 12.6. The number of ether oxygens (including phenoxy) is 3. The summed E-state index contributed by atoms with van der Waals surface area (Å²) < 4.78 is 17.1. The third kappa shape index (κ3) is 27.6. The van der Waals surface area contributed by atoms with E-state index in [-0.39, 0.29) is 36.2 Å². The summed E-state index contributed by atoms with van der Waals surface area (Å²) >= 11 is 0. The van der Waals surface area contributed by atoms with Gasteiger partial charge in [0.1, 0.15) is 6.61 Å². The number of carbonyl (C=O) groups excluding carboxylic acids is 2. The number of allylic oxidation sites excluding steroid dienone is 8. The summed E-state index contributed by atoms with van der Waals surface area (Å²) in [5, 5.41) is 9.55. The van der Waals surface area contributed by atoms with Crippen LogP contribution in [0.3, 0.4) is 0 Å². The van der Waals surface area contributed by atoms with Crippen LogP contribution in [0.25, 0.3) is 0 Å². The zero-order valence-corrected chi connectivity index (χ0v) is 29.8. The quantitative estimate of drug-likeness (QED) is 0.0361. The van der Waals surface area contributed by atoms with Crippen molar-refractivity contribution in [3.05, 3.63) is 48.6 Å². The molecule has 0 amide bonds. The molecule has 0 rings (SSSR count). The van der Waals surface area contributed by atoms with Gasteiger partial charge in [-0.2, -0.15) is 0 Å². The molecule has 2 atom stereocenters. The van der Waals surface area contributed by atoms with Crippen LogP contribution in [-0.4, -0.2) is 80.6 Å². The second kappa shape index (κ2) is 29.7. The highest BCUT2D eigenvalue weighted by Gasteiger charge is 2.31. The van der Waals surface area contributed by atoms with Crippen molar-refractivity contribution in [3.8, 4) is 0 Å². The number of rotatable bonds is 30. The predicted molar refractivity (Wildman–Crippen MR) is 188 cm³/mol. The minimum atomic E-state index is -0.886. The van der Waals surface area contributed by atoms with E-state index < -0.39 is 18.1 Å². The van der Waals surface area contributed by atoms with Crippen molar-refractivity contribution < 1.29 is 38.2 Å². The zero-order valence-electron chi connectivity index (χ0n) is 29.8. The summed E-state index contributed by atoms with van der Waals surface area (Å²) in [7, 11) is 5.49. The van der Waals surface area contributed by atoms with Gasteiger partial charge in [0.2, 0.25) is 0 Å². The van der Waals surface area contributed by atoms with Gasteiger partial charge < -0.3 is 23.8 Å². The van der Waals surface area contributed by atoms with E-state index in [0.29, 0.717) is 19.3 Å². The predicted octanol–water partition coefficient (Wildman–Crippen LogP) is 8.51. The SMILES string of the molecule is CC/C=C/C/C=C/C/C=C/CCCCC(=O)OCC(COCCC(C(=O)O)[N+](C)(C)C)OC(=O)CCCCCC/C=C/CCCC. The average Bonchev–Trinajstić information content (AvgIpc) is 3.00. The molecular weight excluding hydrogens is 582 g/mol. The van der Waals surface area contributed by atoms with Gasteiger partial charge in [-0.15, -0.1) is 0 Å². The van der Waals surface area contributed by atoms with E-state index in [1.165, 1.54) is 12.8 Å². The van der Waals surface area contributed by atoms with Crippen molar-refractivity contribution in [1.82, 2.24) is 0 Å². The van der Waals surface area contributed by atoms with Crippen molar-refractivity contribution in [2.75, 3.05) is 41.0 Å². The van der Waals surface area contributed by atoms with Gasteiger partial charge in [0, 0.05) is 19.3 Å². The molecule has 8 heteroatoms. The normalized spacial score (nSPS) is 13.7. The maximum Gasteiger partial charge on any atom is 0.362 e. The fraction of sp³-hybridized carbons (Fsp3) is 0.711. The fourth-order valence-electron chi connectivity index (χ4n) is 4.67. The number of esters is 2. The lowest BCUT2D eigenvalue weighted by Gasteiger charge is -2.31. The number of quaternary nitrogens is 1. The van der Waals surface area contributed by atoms with Crippen LogP contribution < -0.4 is 0 Å². The molecule has 0 saturated carbocycles. The smallest absolute Gasteiger partial charge is 0.362 e. The number of nitrogens with zero attached hydrogens (tertiary/aromatic N) is 1. The summed E-state index contributed by atoms with van der Waals surface area (Å²) in [4.78, 5) is 36.6. The molecule has 0 aliphatic rings. The first-order valence-corrected chi connectivity index (χ1v) is 17.7. The summed E-state index contributed by atoms with van der Waals surface area (Å²) in [6, 6.07) is -0.620. The van der Waals surface area contributed by atoms with Crippen LogP contribution in [0.15, 0.2) is 48.6 Å². The van der Waals surface area contributed by atoms with Crippen molar-refractivity contribution in [1.29, 1.82) is 0 Å². The molecule has 0 heterocycles. The average molecular weight is 649 g/mol. The van der Waals surface area contributed by atoms with E-state index in [1.807, 2.05) is 21.1 Å². The van der Waals surface area contributed by atoms with Crippen LogP contribution in [0.1, 0.15) is 123 Å². The maximum absolute atomic E-state index is 12.6. The third-order valence-corrected chi connectivity index (χ3v) is 7.46. The van der Waals surface area contributed by atoms with Crippen LogP contribution in [0, 0.1) is 0 Å². The third-order valence-electron chi connectivity index (χ3n) is 7.46. The van der Waals surface area contributed by atoms with Gasteiger partial charge in [0.15, 0.2) is 12.1 Å². The van der Waals surface area contributed by atoms with Crippen LogP contribution in [0.4, 0.5) is 0 Å². The highest BCUT2D eigenvalue weighted by molar-refractivity contribution is 5.72. The highest BCUT2D eigenvalue weighted by Crippen LogP contribution is 2.11. The lowest BCUT2D eigenvalue weighted by molar-refractivity contribution is -0.887. The second-order valence-corrected chi connectivity index (χ2v) is 12.7. The molecule has 0 radical (unpaired) electrons. The number of hydrogen-bond donors (Lipinski definition) is 1. The van der Waals surface area contributed by atoms with Crippen molar-refractivity contribution in [2.45, 2.75) is 135 Å². The molecule has 0 aromatic rings. The van der Waals surface area contributed by atoms with Gasteiger partial charge in [0.05, 0.1) is 34.4 Å². The highest BCUT2D eigenvalue weighted by atomic mass is 16.6.